The van der Waals surface area contributed by atoms with Crippen molar-refractivity contribution in [3.63, 3.8) is 0 Å². The fraction of sp³-hybridized carbons (Fsp3) is 0.667. The van der Waals surface area contributed by atoms with Crippen LogP contribution in [0.5, 0.6) is 0 Å². The molecule has 0 atom stereocenters. The van der Waals surface area contributed by atoms with Crippen molar-refractivity contribution in [2.45, 2.75) is 44.7 Å². The summed E-state index contributed by atoms with van der Waals surface area (Å²) < 4.78 is 1.81. The molecule has 94 valence electrons. The molecule has 1 aromatic heterocycles. The van der Waals surface area contributed by atoms with Crippen LogP contribution >= 0.6 is 0 Å². The van der Waals surface area contributed by atoms with Gasteiger partial charge in [0.1, 0.15) is 0 Å². The number of hydrogen-bond acceptors (Lipinski definition) is 2. The summed E-state index contributed by atoms with van der Waals surface area (Å²) in [6.07, 6.45) is 9.64. The van der Waals surface area contributed by atoms with Crippen LogP contribution in [0.2, 0.25) is 0 Å². The quantitative estimate of drug-likeness (QED) is 0.832. The Labute approximate surface area is 102 Å². The molecule has 1 fully saturated rings. The average Bonchev–Trinajstić information content (AvgIpc) is 2.83. The lowest BCUT2D eigenvalue weighted by atomic mass is 9.96. The maximum Gasteiger partial charge on any atom is 0.315 e. The van der Waals surface area contributed by atoms with Gasteiger partial charge < -0.3 is 10.6 Å². The third-order valence-electron chi connectivity index (χ3n) is 3.13. The summed E-state index contributed by atoms with van der Waals surface area (Å²) in [6, 6.07) is 2.19. The summed E-state index contributed by atoms with van der Waals surface area (Å²) in [7, 11) is 0. The van der Waals surface area contributed by atoms with Gasteiger partial charge in [-0.05, 0) is 18.9 Å². The number of carbonyl (C=O) groups is 1. The van der Waals surface area contributed by atoms with E-state index in [9.17, 15) is 4.79 Å². The molecule has 1 saturated carbocycles. The van der Waals surface area contributed by atoms with Crippen molar-refractivity contribution >= 4 is 6.03 Å². The van der Waals surface area contributed by atoms with E-state index in [4.69, 9.17) is 0 Å². The van der Waals surface area contributed by atoms with E-state index in [1.54, 1.807) is 10.9 Å². The molecule has 1 aliphatic carbocycles. The van der Waals surface area contributed by atoms with Crippen LogP contribution in [0, 0.1) is 0 Å². The number of carbonyl (C=O) groups excluding carboxylic acids is 1. The summed E-state index contributed by atoms with van der Waals surface area (Å²) in [4.78, 5) is 11.6. The van der Waals surface area contributed by atoms with Crippen LogP contribution < -0.4 is 10.6 Å². The van der Waals surface area contributed by atoms with Gasteiger partial charge in [-0.15, -0.1) is 0 Å². The first-order valence-corrected chi connectivity index (χ1v) is 6.36. The molecule has 1 heterocycles. The normalized spacial score (nSPS) is 16.7. The van der Waals surface area contributed by atoms with Gasteiger partial charge in [0.15, 0.2) is 0 Å². The number of nitrogens with one attached hydrogen (secondary N) is 2. The number of hydrogen-bond donors (Lipinski definition) is 2. The highest BCUT2D eigenvalue weighted by molar-refractivity contribution is 5.74. The van der Waals surface area contributed by atoms with E-state index in [1.807, 2.05) is 12.3 Å². The summed E-state index contributed by atoms with van der Waals surface area (Å²) in [5, 5.41) is 9.95. The first kappa shape index (κ1) is 12.0. The zero-order chi connectivity index (χ0) is 11.9. The molecular weight excluding hydrogens is 216 g/mol. The Morgan fingerprint density at radius 3 is 2.88 bits per heavy atom. The van der Waals surface area contributed by atoms with E-state index in [0.29, 0.717) is 19.1 Å². The van der Waals surface area contributed by atoms with E-state index in [0.717, 1.165) is 12.8 Å². The largest absolute Gasteiger partial charge is 0.336 e. The predicted molar refractivity (Wildman–Crippen MR) is 65.6 cm³/mol. The molecule has 0 aliphatic heterocycles. The predicted octanol–water partition coefficient (Wildman–Crippen LogP) is 1.51. The first-order valence-electron chi connectivity index (χ1n) is 6.36. The van der Waals surface area contributed by atoms with E-state index in [2.05, 4.69) is 15.7 Å². The first-order chi connectivity index (χ1) is 8.34. The van der Waals surface area contributed by atoms with Gasteiger partial charge in [0.05, 0.1) is 6.54 Å². The summed E-state index contributed by atoms with van der Waals surface area (Å²) in [5.41, 5.74) is 0. The molecule has 0 saturated heterocycles. The molecule has 0 unspecified atom stereocenters. The smallest absolute Gasteiger partial charge is 0.315 e. The van der Waals surface area contributed by atoms with Crippen molar-refractivity contribution in [1.82, 2.24) is 20.4 Å². The van der Waals surface area contributed by atoms with Crippen molar-refractivity contribution in [2.24, 2.45) is 0 Å². The van der Waals surface area contributed by atoms with E-state index in [1.165, 1.54) is 19.3 Å². The topological polar surface area (TPSA) is 59.0 Å². The van der Waals surface area contributed by atoms with Gasteiger partial charge in [-0.1, -0.05) is 19.3 Å². The van der Waals surface area contributed by atoms with Gasteiger partial charge >= 0.3 is 6.03 Å². The van der Waals surface area contributed by atoms with Crippen LogP contribution in [0.3, 0.4) is 0 Å². The van der Waals surface area contributed by atoms with Gasteiger partial charge in [0.25, 0.3) is 0 Å². The van der Waals surface area contributed by atoms with Gasteiger partial charge in [-0.2, -0.15) is 5.10 Å². The molecule has 0 aromatic carbocycles. The summed E-state index contributed by atoms with van der Waals surface area (Å²) in [6.45, 7) is 1.32. The molecule has 17 heavy (non-hydrogen) atoms. The minimum Gasteiger partial charge on any atom is -0.336 e. The lowest BCUT2D eigenvalue weighted by molar-refractivity contribution is 0.232. The number of nitrogens with zero attached hydrogens (tertiary/aromatic N) is 2. The Bertz CT molecular complexity index is 330. The standard InChI is InChI=1S/C12H20N4O/c17-12(15-11-5-2-1-3-6-11)13-8-10-16-9-4-7-14-16/h4,7,9,11H,1-3,5-6,8,10H2,(H2,13,15,17). The van der Waals surface area contributed by atoms with Crippen molar-refractivity contribution < 1.29 is 4.79 Å². The van der Waals surface area contributed by atoms with Crippen LogP contribution in [0.15, 0.2) is 18.5 Å². The number of rotatable bonds is 4. The monoisotopic (exact) mass is 236 g/mol. The lowest BCUT2D eigenvalue weighted by Crippen LogP contribution is -2.43. The second-order valence-electron chi connectivity index (χ2n) is 4.50. The highest BCUT2D eigenvalue weighted by atomic mass is 16.2. The van der Waals surface area contributed by atoms with E-state index >= 15 is 0 Å². The maximum absolute atomic E-state index is 11.6. The molecule has 1 aromatic rings. The molecule has 5 nitrogen and oxygen atoms in total. The molecule has 1 aliphatic rings. The van der Waals surface area contributed by atoms with Crippen LogP contribution in [0.4, 0.5) is 4.79 Å². The molecule has 0 spiro atoms. The second-order valence-corrected chi connectivity index (χ2v) is 4.50. The summed E-state index contributed by atoms with van der Waals surface area (Å²) in [5.74, 6) is 0. The Morgan fingerprint density at radius 2 is 2.18 bits per heavy atom. The molecule has 2 amide bonds. The third kappa shape index (κ3) is 4.09. The van der Waals surface area contributed by atoms with Crippen molar-refractivity contribution in [3.05, 3.63) is 18.5 Å². The minimum absolute atomic E-state index is 0.0518. The Kier molecular flexibility index (Phi) is 4.41. The van der Waals surface area contributed by atoms with Gasteiger partial charge in [0, 0.05) is 25.0 Å². The van der Waals surface area contributed by atoms with Crippen molar-refractivity contribution in [2.75, 3.05) is 6.54 Å². The van der Waals surface area contributed by atoms with Crippen molar-refractivity contribution in [1.29, 1.82) is 0 Å². The van der Waals surface area contributed by atoms with Gasteiger partial charge in [-0.25, -0.2) is 4.79 Å². The highest BCUT2D eigenvalue weighted by Gasteiger charge is 2.14. The molecular formula is C12H20N4O. The molecule has 2 rings (SSSR count). The third-order valence-corrected chi connectivity index (χ3v) is 3.13. The number of amides is 2. The average molecular weight is 236 g/mol. The summed E-state index contributed by atoms with van der Waals surface area (Å²) >= 11 is 0. The Balaban J connectivity index is 1.60. The second kappa shape index (κ2) is 6.27. The number of urea groups is 1. The van der Waals surface area contributed by atoms with Crippen LogP contribution in [0.1, 0.15) is 32.1 Å². The lowest BCUT2D eigenvalue weighted by Gasteiger charge is -2.22. The molecule has 2 N–H and O–H groups in total. The van der Waals surface area contributed by atoms with Crippen LogP contribution in [-0.4, -0.2) is 28.4 Å². The van der Waals surface area contributed by atoms with E-state index < -0.39 is 0 Å². The molecule has 0 bridgehead atoms. The maximum atomic E-state index is 11.6. The zero-order valence-electron chi connectivity index (χ0n) is 10.1. The SMILES string of the molecule is O=C(NCCn1cccn1)NC1CCCCC1. The Morgan fingerprint density at radius 1 is 1.35 bits per heavy atom. The minimum atomic E-state index is -0.0518. The fourth-order valence-electron chi connectivity index (χ4n) is 2.20. The fourth-order valence-corrected chi connectivity index (χ4v) is 2.20. The van der Waals surface area contributed by atoms with E-state index in [-0.39, 0.29) is 6.03 Å². The molecule has 0 radical (unpaired) electrons. The zero-order valence-corrected chi connectivity index (χ0v) is 10.1. The number of aromatic nitrogens is 2. The van der Waals surface area contributed by atoms with Crippen LogP contribution in [0.25, 0.3) is 0 Å². The van der Waals surface area contributed by atoms with Gasteiger partial charge in [-0.3, -0.25) is 4.68 Å². The molecule has 5 heteroatoms. The Hall–Kier alpha value is -1.52. The highest BCUT2D eigenvalue weighted by Crippen LogP contribution is 2.16. The van der Waals surface area contributed by atoms with Gasteiger partial charge in [0.2, 0.25) is 0 Å². The van der Waals surface area contributed by atoms with Crippen LogP contribution in [-0.2, 0) is 6.54 Å². The van der Waals surface area contributed by atoms with Crippen molar-refractivity contribution in [3.8, 4) is 0 Å².